The smallest absolute Gasteiger partial charge is 0.328 e. The number of hydrogen-bond donors (Lipinski definition) is 2. The zero-order valence-electron chi connectivity index (χ0n) is 8.41. The molecule has 0 amide bonds. The van der Waals surface area contributed by atoms with Crippen LogP contribution in [0.1, 0.15) is 5.56 Å². The number of nitrogens with one attached hydrogen (secondary N) is 1. The number of benzene rings is 1. The largest absolute Gasteiger partial charge is 0.478 e. The second-order valence-electron chi connectivity index (χ2n) is 3.11. The third-order valence-electron chi connectivity index (χ3n) is 1.85. The monoisotopic (exact) mass is 287 g/mol. The van der Waals surface area contributed by atoms with Crippen LogP contribution in [0.25, 0.3) is 0 Å². The molecule has 86 valence electrons. The molecule has 0 aliphatic rings. The summed E-state index contributed by atoms with van der Waals surface area (Å²) in [6.45, 7) is 0.900. The Labute approximate surface area is 101 Å². The van der Waals surface area contributed by atoms with Gasteiger partial charge in [-0.1, -0.05) is 22.0 Å². The van der Waals surface area contributed by atoms with Crippen LogP contribution in [0.5, 0.6) is 0 Å². The number of rotatable bonds is 5. The Morgan fingerprint density at radius 3 is 3.00 bits per heavy atom. The zero-order valence-corrected chi connectivity index (χ0v) is 10.00. The highest BCUT2D eigenvalue weighted by Crippen LogP contribution is 2.17. The van der Waals surface area contributed by atoms with Crippen LogP contribution in [0.2, 0.25) is 0 Å². The molecule has 0 atom stereocenters. The third-order valence-corrected chi connectivity index (χ3v) is 2.62. The predicted octanol–water partition coefficient (Wildman–Crippen LogP) is 2.32. The molecule has 0 aromatic heterocycles. The van der Waals surface area contributed by atoms with Gasteiger partial charge in [-0.25, -0.2) is 9.18 Å². The zero-order chi connectivity index (χ0) is 12.0. The highest BCUT2D eigenvalue weighted by molar-refractivity contribution is 9.10. The summed E-state index contributed by atoms with van der Waals surface area (Å²) in [7, 11) is 0. The summed E-state index contributed by atoms with van der Waals surface area (Å²) in [5.41, 5.74) is 0.795. The van der Waals surface area contributed by atoms with E-state index in [9.17, 15) is 9.18 Å². The molecular formula is C11H11BrFNO2. The molecule has 0 heterocycles. The fourth-order valence-corrected chi connectivity index (χ4v) is 1.52. The highest BCUT2D eigenvalue weighted by atomic mass is 79.9. The van der Waals surface area contributed by atoms with E-state index in [1.54, 1.807) is 6.07 Å². The lowest BCUT2D eigenvalue weighted by molar-refractivity contribution is -0.131. The van der Waals surface area contributed by atoms with Gasteiger partial charge in [0.25, 0.3) is 0 Å². The quantitative estimate of drug-likeness (QED) is 0.645. The summed E-state index contributed by atoms with van der Waals surface area (Å²) in [5, 5.41) is 11.3. The molecule has 1 rings (SSSR count). The van der Waals surface area contributed by atoms with E-state index < -0.39 is 5.97 Å². The van der Waals surface area contributed by atoms with Crippen LogP contribution >= 0.6 is 15.9 Å². The second-order valence-corrected chi connectivity index (χ2v) is 3.96. The number of hydrogen-bond acceptors (Lipinski definition) is 2. The van der Waals surface area contributed by atoms with Crippen molar-refractivity contribution in [3.05, 3.63) is 46.2 Å². The van der Waals surface area contributed by atoms with Crippen molar-refractivity contribution < 1.29 is 14.3 Å². The van der Waals surface area contributed by atoms with E-state index >= 15 is 0 Å². The SMILES string of the molecule is O=C(O)/C=C/CNCc1cc(F)ccc1Br. The Balaban J connectivity index is 2.43. The molecule has 0 saturated carbocycles. The average molecular weight is 288 g/mol. The van der Waals surface area contributed by atoms with Crippen LogP contribution in [-0.2, 0) is 11.3 Å². The maximum atomic E-state index is 12.9. The van der Waals surface area contributed by atoms with Gasteiger partial charge in [0.2, 0.25) is 0 Å². The van der Waals surface area contributed by atoms with E-state index in [1.807, 2.05) is 0 Å². The van der Waals surface area contributed by atoms with Crippen molar-refractivity contribution in [2.45, 2.75) is 6.54 Å². The van der Waals surface area contributed by atoms with Gasteiger partial charge in [-0.2, -0.15) is 0 Å². The number of halogens is 2. The first-order chi connectivity index (χ1) is 7.59. The van der Waals surface area contributed by atoms with E-state index in [1.165, 1.54) is 18.2 Å². The minimum absolute atomic E-state index is 0.291. The van der Waals surface area contributed by atoms with Crippen molar-refractivity contribution in [3.63, 3.8) is 0 Å². The normalized spacial score (nSPS) is 10.9. The van der Waals surface area contributed by atoms with Crippen molar-refractivity contribution in [1.82, 2.24) is 5.32 Å². The molecule has 0 bridgehead atoms. The van der Waals surface area contributed by atoms with Crippen LogP contribution in [0.3, 0.4) is 0 Å². The second kappa shape index (κ2) is 6.40. The van der Waals surface area contributed by atoms with Crippen molar-refractivity contribution in [3.8, 4) is 0 Å². The van der Waals surface area contributed by atoms with Gasteiger partial charge in [-0.15, -0.1) is 0 Å². The predicted molar refractivity (Wildman–Crippen MR) is 62.6 cm³/mol. The molecule has 3 nitrogen and oxygen atoms in total. The van der Waals surface area contributed by atoms with Gasteiger partial charge in [-0.3, -0.25) is 0 Å². The summed E-state index contributed by atoms with van der Waals surface area (Å²) in [4.78, 5) is 10.2. The van der Waals surface area contributed by atoms with Gasteiger partial charge >= 0.3 is 5.97 Å². The first-order valence-electron chi connectivity index (χ1n) is 4.63. The topological polar surface area (TPSA) is 49.3 Å². The maximum Gasteiger partial charge on any atom is 0.328 e. The van der Waals surface area contributed by atoms with Gasteiger partial charge in [0.05, 0.1) is 0 Å². The molecule has 1 aromatic carbocycles. The highest BCUT2D eigenvalue weighted by Gasteiger charge is 2.00. The maximum absolute atomic E-state index is 12.9. The average Bonchev–Trinajstić information content (AvgIpc) is 2.22. The van der Waals surface area contributed by atoms with Crippen molar-refractivity contribution in [2.75, 3.05) is 6.54 Å². The summed E-state index contributed by atoms with van der Waals surface area (Å²) in [6, 6.07) is 4.44. The Morgan fingerprint density at radius 1 is 1.56 bits per heavy atom. The summed E-state index contributed by atoms with van der Waals surface area (Å²) >= 11 is 3.30. The molecular weight excluding hydrogens is 277 g/mol. The van der Waals surface area contributed by atoms with Gasteiger partial charge in [0.15, 0.2) is 0 Å². The van der Waals surface area contributed by atoms with Gasteiger partial charge in [0.1, 0.15) is 5.82 Å². The Morgan fingerprint density at radius 2 is 2.31 bits per heavy atom. The van der Waals surface area contributed by atoms with Crippen molar-refractivity contribution in [1.29, 1.82) is 0 Å². The van der Waals surface area contributed by atoms with E-state index in [4.69, 9.17) is 5.11 Å². The lowest BCUT2D eigenvalue weighted by Crippen LogP contribution is -2.13. The summed E-state index contributed by atoms with van der Waals surface area (Å²) in [5.74, 6) is -1.27. The Bertz CT molecular complexity index is 407. The van der Waals surface area contributed by atoms with E-state index in [0.717, 1.165) is 16.1 Å². The van der Waals surface area contributed by atoms with Crippen molar-refractivity contribution >= 4 is 21.9 Å². The molecule has 1 aromatic rings. The molecule has 0 aliphatic carbocycles. The summed E-state index contributed by atoms with van der Waals surface area (Å²) < 4.78 is 13.7. The Kier molecular flexibility index (Phi) is 5.14. The summed E-state index contributed by atoms with van der Waals surface area (Å²) in [6.07, 6.45) is 2.56. The fourth-order valence-electron chi connectivity index (χ4n) is 1.13. The molecule has 16 heavy (non-hydrogen) atoms. The number of aliphatic carboxylic acids is 1. The van der Waals surface area contributed by atoms with Crippen LogP contribution in [0.15, 0.2) is 34.8 Å². The van der Waals surface area contributed by atoms with E-state index in [-0.39, 0.29) is 5.82 Å². The van der Waals surface area contributed by atoms with Gasteiger partial charge in [-0.05, 0) is 23.8 Å². The molecule has 0 radical (unpaired) electrons. The third kappa shape index (κ3) is 4.55. The lowest BCUT2D eigenvalue weighted by atomic mass is 10.2. The number of carbonyl (C=O) groups is 1. The van der Waals surface area contributed by atoms with E-state index in [2.05, 4.69) is 21.2 Å². The first-order valence-corrected chi connectivity index (χ1v) is 5.43. The minimum Gasteiger partial charge on any atom is -0.478 e. The lowest BCUT2D eigenvalue weighted by Gasteiger charge is -2.04. The molecule has 2 N–H and O–H groups in total. The van der Waals surface area contributed by atoms with E-state index in [0.29, 0.717) is 13.1 Å². The first kappa shape index (κ1) is 12.9. The standard InChI is InChI=1S/C11H11BrFNO2/c12-10-4-3-9(13)6-8(10)7-14-5-1-2-11(15)16/h1-4,6,14H,5,7H2,(H,15,16)/b2-1+. The minimum atomic E-state index is -0.978. The molecule has 5 heteroatoms. The molecule has 0 spiro atoms. The number of carboxylic acid groups (broad SMARTS) is 1. The van der Waals surface area contributed by atoms with Crippen LogP contribution in [0.4, 0.5) is 4.39 Å². The fraction of sp³-hybridized carbons (Fsp3) is 0.182. The van der Waals surface area contributed by atoms with Gasteiger partial charge in [0, 0.05) is 23.6 Å². The molecule has 0 aliphatic heterocycles. The molecule has 0 fully saturated rings. The van der Waals surface area contributed by atoms with Crippen LogP contribution < -0.4 is 5.32 Å². The van der Waals surface area contributed by atoms with Crippen molar-refractivity contribution in [2.24, 2.45) is 0 Å². The van der Waals surface area contributed by atoms with Gasteiger partial charge < -0.3 is 10.4 Å². The molecule has 0 unspecified atom stereocenters. The van der Waals surface area contributed by atoms with Crippen LogP contribution in [0, 0.1) is 5.82 Å². The Hall–Kier alpha value is -1.20. The number of carboxylic acids is 1. The van der Waals surface area contributed by atoms with Crippen LogP contribution in [-0.4, -0.2) is 17.6 Å². The molecule has 0 saturated heterocycles.